The number of Topliss-reactive ketones (excluding diaryl/α,β-unsaturated/α-hetero) is 1. The lowest BCUT2D eigenvalue weighted by Gasteiger charge is -2.05. The van der Waals surface area contributed by atoms with E-state index < -0.39 is 0 Å². The number of hydrogen-bond acceptors (Lipinski definition) is 2. The summed E-state index contributed by atoms with van der Waals surface area (Å²) in [7, 11) is 0. The van der Waals surface area contributed by atoms with E-state index in [0.29, 0.717) is 11.1 Å². The topological polar surface area (TPSA) is 30.0 Å². The minimum Gasteiger partial charge on any atom is -0.294 e. The predicted octanol–water partition coefficient (Wildman–Crippen LogP) is 3.80. The molecule has 0 fully saturated rings. The molecule has 0 aliphatic carbocycles. The minimum atomic E-state index is -0.324. The smallest absolute Gasteiger partial charge is 0.167 e. The number of nitrogens with zero attached hydrogens (tertiary/aromatic N) is 1. The molecule has 0 aliphatic rings. The van der Waals surface area contributed by atoms with Crippen LogP contribution in [-0.4, -0.2) is 10.8 Å². The Balaban J connectivity index is 1.97. The van der Waals surface area contributed by atoms with Gasteiger partial charge in [-0.15, -0.1) is 0 Å². The van der Waals surface area contributed by atoms with E-state index in [0.717, 1.165) is 10.9 Å². The number of pyridine rings is 1. The van der Waals surface area contributed by atoms with E-state index >= 15 is 0 Å². The van der Waals surface area contributed by atoms with Gasteiger partial charge in [-0.2, -0.15) is 0 Å². The van der Waals surface area contributed by atoms with E-state index in [1.807, 2.05) is 24.3 Å². The summed E-state index contributed by atoms with van der Waals surface area (Å²) in [5.41, 5.74) is 2.09. The molecular formula is C17H12FNO. The zero-order valence-corrected chi connectivity index (χ0v) is 10.7. The summed E-state index contributed by atoms with van der Waals surface area (Å²) >= 11 is 0. The van der Waals surface area contributed by atoms with Crippen molar-refractivity contribution in [2.75, 3.05) is 0 Å². The minimum absolute atomic E-state index is 0.0331. The number of carbonyl (C=O) groups is 1. The maximum Gasteiger partial charge on any atom is 0.167 e. The van der Waals surface area contributed by atoms with Gasteiger partial charge in [0.1, 0.15) is 5.82 Å². The Morgan fingerprint density at radius 3 is 2.75 bits per heavy atom. The van der Waals surface area contributed by atoms with Gasteiger partial charge in [-0.1, -0.05) is 30.3 Å². The Morgan fingerprint density at radius 2 is 1.90 bits per heavy atom. The highest BCUT2D eigenvalue weighted by Crippen LogP contribution is 2.18. The van der Waals surface area contributed by atoms with Crippen molar-refractivity contribution < 1.29 is 9.18 Å². The van der Waals surface area contributed by atoms with Gasteiger partial charge in [-0.05, 0) is 29.8 Å². The van der Waals surface area contributed by atoms with Gasteiger partial charge in [0.2, 0.25) is 0 Å². The fourth-order valence-corrected chi connectivity index (χ4v) is 2.27. The maximum atomic E-state index is 13.2. The largest absolute Gasteiger partial charge is 0.294 e. The van der Waals surface area contributed by atoms with Crippen LogP contribution in [0.15, 0.2) is 60.8 Å². The molecule has 2 nitrogen and oxygen atoms in total. The standard InChI is InChI=1S/C17H12FNO/c18-13-5-3-4-12(10-13)11-17(20)15-8-9-19-16-7-2-1-6-14(15)16/h1-10H,11H2. The molecule has 1 heterocycles. The molecule has 3 heteroatoms. The fraction of sp³-hybridized carbons (Fsp3) is 0.0588. The van der Waals surface area contributed by atoms with Crippen LogP contribution in [0.4, 0.5) is 4.39 Å². The Labute approximate surface area is 115 Å². The molecule has 98 valence electrons. The number of benzene rings is 2. The molecule has 0 saturated heterocycles. The van der Waals surface area contributed by atoms with Crippen LogP contribution in [0.3, 0.4) is 0 Å². The van der Waals surface area contributed by atoms with E-state index in [-0.39, 0.29) is 18.0 Å². The van der Waals surface area contributed by atoms with E-state index in [1.165, 1.54) is 12.1 Å². The number of carbonyl (C=O) groups excluding carboxylic acids is 1. The van der Waals surface area contributed by atoms with Crippen molar-refractivity contribution >= 4 is 16.7 Å². The Kier molecular flexibility index (Phi) is 3.25. The molecule has 0 saturated carbocycles. The zero-order chi connectivity index (χ0) is 13.9. The Morgan fingerprint density at radius 1 is 1.05 bits per heavy atom. The third-order valence-corrected chi connectivity index (χ3v) is 3.20. The van der Waals surface area contributed by atoms with E-state index in [4.69, 9.17) is 0 Å². The lowest BCUT2D eigenvalue weighted by atomic mass is 10.00. The maximum absolute atomic E-state index is 13.2. The van der Waals surface area contributed by atoms with Crippen molar-refractivity contribution in [3.63, 3.8) is 0 Å². The van der Waals surface area contributed by atoms with E-state index in [1.54, 1.807) is 24.4 Å². The molecule has 0 atom stereocenters. The molecule has 0 bridgehead atoms. The monoisotopic (exact) mass is 265 g/mol. The number of aromatic nitrogens is 1. The summed E-state index contributed by atoms with van der Waals surface area (Å²) in [5.74, 6) is -0.357. The first-order chi connectivity index (χ1) is 9.74. The van der Waals surface area contributed by atoms with Gasteiger partial charge in [0.15, 0.2) is 5.78 Å². The molecule has 0 amide bonds. The van der Waals surface area contributed by atoms with Gasteiger partial charge < -0.3 is 0 Å². The Hall–Kier alpha value is -2.55. The average molecular weight is 265 g/mol. The molecule has 3 rings (SSSR count). The normalized spacial score (nSPS) is 10.7. The van der Waals surface area contributed by atoms with Gasteiger partial charge >= 0.3 is 0 Å². The van der Waals surface area contributed by atoms with Crippen LogP contribution in [0, 0.1) is 5.82 Å². The van der Waals surface area contributed by atoms with Crippen molar-refractivity contribution in [2.24, 2.45) is 0 Å². The molecule has 1 aromatic heterocycles. The summed E-state index contributed by atoms with van der Waals surface area (Å²) in [5, 5.41) is 0.830. The predicted molar refractivity (Wildman–Crippen MR) is 76.2 cm³/mol. The first-order valence-electron chi connectivity index (χ1n) is 6.35. The van der Waals surface area contributed by atoms with Gasteiger partial charge in [-0.25, -0.2) is 4.39 Å². The molecule has 20 heavy (non-hydrogen) atoms. The number of para-hydroxylation sites is 1. The Bertz CT molecular complexity index is 777. The van der Waals surface area contributed by atoms with Crippen LogP contribution in [0.25, 0.3) is 10.9 Å². The van der Waals surface area contributed by atoms with Gasteiger partial charge in [-0.3, -0.25) is 9.78 Å². The molecular weight excluding hydrogens is 253 g/mol. The molecule has 0 spiro atoms. The van der Waals surface area contributed by atoms with Crippen LogP contribution in [0.5, 0.6) is 0 Å². The number of rotatable bonds is 3. The summed E-state index contributed by atoms with van der Waals surface area (Å²) in [6.45, 7) is 0. The molecule has 0 unspecified atom stereocenters. The summed E-state index contributed by atoms with van der Waals surface area (Å²) in [6, 6.07) is 15.3. The third kappa shape index (κ3) is 2.43. The SMILES string of the molecule is O=C(Cc1cccc(F)c1)c1ccnc2ccccc12. The highest BCUT2D eigenvalue weighted by molar-refractivity contribution is 6.07. The quantitative estimate of drug-likeness (QED) is 0.674. The second-order valence-corrected chi connectivity index (χ2v) is 4.61. The fourth-order valence-electron chi connectivity index (χ4n) is 2.27. The summed E-state index contributed by atoms with van der Waals surface area (Å²) < 4.78 is 13.2. The van der Waals surface area contributed by atoms with E-state index in [2.05, 4.69) is 4.98 Å². The lowest BCUT2D eigenvalue weighted by molar-refractivity contribution is 0.0994. The van der Waals surface area contributed by atoms with Crippen LogP contribution >= 0.6 is 0 Å². The van der Waals surface area contributed by atoms with Crippen molar-refractivity contribution in [2.45, 2.75) is 6.42 Å². The second kappa shape index (κ2) is 5.21. The molecule has 0 N–H and O–H groups in total. The van der Waals surface area contributed by atoms with Crippen LogP contribution < -0.4 is 0 Å². The summed E-state index contributed by atoms with van der Waals surface area (Å²) in [4.78, 5) is 16.6. The van der Waals surface area contributed by atoms with Crippen molar-refractivity contribution in [1.82, 2.24) is 4.98 Å². The number of halogens is 1. The first-order valence-corrected chi connectivity index (χ1v) is 6.35. The number of fused-ring (bicyclic) bond motifs is 1. The molecule has 0 radical (unpaired) electrons. The third-order valence-electron chi connectivity index (χ3n) is 3.20. The number of hydrogen-bond donors (Lipinski definition) is 0. The highest BCUT2D eigenvalue weighted by Gasteiger charge is 2.11. The number of ketones is 1. The second-order valence-electron chi connectivity index (χ2n) is 4.61. The van der Waals surface area contributed by atoms with Gasteiger partial charge in [0.05, 0.1) is 5.52 Å². The van der Waals surface area contributed by atoms with Crippen LogP contribution in [-0.2, 0) is 6.42 Å². The van der Waals surface area contributed by atoms with Crippen LogP contribution in [0.1, 0.15) is 15.9 Å². The molecule has 2 aromatic carbocycles. The van der Waals surface area contributed by atoms with Gasteiger partial charge in [0.25, 0.3) is 0 Å². The van der Waals surface area contributed by atoms with E-state index in [9.17, 15) is 9.18 Å². The van der Waals surface area contributed by atoms with Crippen LogP contribution in [0.2, 0.25) is 0 Å². The van der Waals surface area contributed by atoms with Crippen molar-refractivity contribution in [3.8, 4) is 0 Å². The lowest BCUT2D eigenvalue weighted by Crippen LogP contribution is -2.05. The average Bonchev–Trinajstić information content (AvgIpc) is 2.46. The molecule has 3 aromatic rings. The van der Waals surface area contributed by atoms with Crippen molar-refractivity contribution in [1.29, 1.82) is 0 Å². The zero-order valence-electron chi connectivity index (χ0n) is 10.7. The molecule has 0 aliphatic heterocycles. The van der Waals surface area contributed by atoms with Crippen molar-refractivity contribution in [3.05, 3.63) is 77.7 Å². The first kappa shape index (κ1) is 12.5. The summed E-state index contributed by atoms with van der Waals surface area (Å²) in [6.07, 6.45) is 1.81. The highest BCUT2D eigenvalue weighted by atomic mass is 19.1. The van der Waals surface area contributed by atoms with Gasteiger partial charge in [0, 0.05) is 23.6 Å².